The SMILES string of the molecule is CCOC(=O)C1=NN(c2ccc(N)cc2)C2=CC(c3ccccc3)(c3ccccc3)C=CC21. The summed E-state index contributed by atoms with van der Waals surface area (Å²) in [6, 6.07) is 28.2. The molecule has 0 saturated carbocycles. The van der Waals surface area contributed by atoms with Gasteiger partial charge in [0.05, 0.1) is 29.3 Å². The van der Waals surface area contributed by atoms with Gasteiger partial charge in [-0.1, -0.05) is 72.8 Å². The van der Waals surface area contributed by atoms with Gasteiger partial charge in [0.25, 0.3) is 0 Å². The summed E-state index contributed by atoms with van der Waals surface area (Å²) in [6.07, 6.45) is 6.46. The predicted octanol–water partition coefficient (Wildman–Crippen LogP) is 5.06. The second-order valence-electron chi connectivity index (χ2n) is 8.12. The average molecular weight is 436 g/mol. The summed E-state index contributed by atoms with van der Waals surface area (Å²) in [5.74, 6) is -0.690. The van der Waals surface area contributed by atoms with E-state index in [0.717, 1.165) is 22.5 Å². The number of esters is 1. The van der Waals surface area contributed by atoms with Crippen LogP contribution in [0.4, 0.5) is 11.4 Å². The lowest BCUT2D eigenvalue weighted by Crippen LogP contribution is -2.32. The van der Waals surface area contributed by atoms with E-state index in [2.05, 4.69) is 42.5 Å². The molecule has 0 aromatic heterocycles. The molecule has 0 fully saturated rings. The van der Waals surface area contributed by atoms with Gasteiger partial charge in [-0.25, -0.2) is 9.80 Å². The van der Waals surface area contributed by atoms with Crippen molar-refractivity contribution < 1.29 is 9.53 Å². The highest BCUT2D eigenvalue weighted by Crippen LogP contribution is 2.45. The van der Waals surface area contributed by atoms with Gasteiger partial charge in [-0.2, -0.15) is 5.10 Å². The molecule has 164 valence electrons. The topological polar surface area (TPSA) is 67.9 Å². The van der Waals surface area contributed by atoms with E-state index in [0.29, 0.717) is 18.0 Å². The molecule has 5 nitrogen and oxygen atoms in total. The molecule has 5 heteroatoms. The molecule has 1 aliphatic carbocycles. The zero-order valence-corrected chi connectivity index (χ0v) is 18.4. The lowest BCUT2D eigenvalue weighted by atomic mass is 9.70. The number of allylic oxidation sites excluding steroid dienone is 3. The standard InChI is InChI=1S/C28H25N3O2/c1-2-33-27(32)26-24-17-18-28(20-9-5-3-6-10-20,21-11-7-4-8-12-21)19-25(24)31(30-26)23-15-13-22(29)14-16-23/h3-19,24H,2,29H2,1H3. The fourth-order valence-electron chi connectivity index (χ4n) is 4.52. The first-order valence-corrected chi connectivity index (χ1v) is 11.1. The van der Waals surface area contributed by atoms with Gasteiger partial charge in [-0.15, -0.1) is 0 Å². The zero-order chi connectivity index (χ0) is 22.8. The second kappa shape index (κ2) is 8.43. The molecule has 1 heterocycles. The molecule has 0 amide bonds. The highest BCUT2D eigenvalue weighted by atomic mass is 16.5. The molecule has 3 aromatic rings. The first-order valence-electron chi connectivity index (χ1n) is 11.1. The average Bonchev–Trinajstić information content (AvgIpc) is 3.24. The molecular formula is C28H25N3O2. The van der Waals surface area contributed by atoms with E-state index in [-0.39, 0.29) is 5.92 Å². The van der Waals surface area contributed by atoms with Gasteiger partial charge in [0, 0.05) is 5.69 Å². The Hall–Kier alpha value is -4.12. The molecular weight excluding hydrogens is 410 g/mol. The number of nitrogens with two attached hydrogens (primary N) is 1. The van der Waals surface area contributed by atoms with Crippen LogP contribution in [0.15, 0.2) is 114 Å². The van der Waals surface area contributed by atoms with Gasteiger partial charge in [-0.05, 0) is 48.4 Å². The van der Waals surface area contributed by atoms with Gasteiger partial charge >= 0.3 is 5.97 Å². The van der Waals surface area contributed by atoms with Crippen molar-refractivity contribution in [3.8, 4) is 0 Å². The third-order valence-corrected chi connectivity index (χ3v) is 6.12. The number of ether oxygens (including phenoxy) is 1. The summed E-state index contributed by atoms with van der Waals surface area (Å²) in [6.45, 7) is 2.10. The van der Waals surface area contributed by atoms with Crippen LogP contribution < -0.4 is 10.7 Å². The Morgan fingerprint density at radius 2 is 1.58 bits per heavy atom. The van der Waals surface area contributed by atoms with Gasteiger partial charge in [0.1, 0.15) is 0 Å². The molecule has 0 spiro atoms. The molecule has 33 heavy (non-hydrogen) atoms. The fraction of sp³-hybridized carbons (Fsp3) is 0.143. The minimum atomic E-state index is -0.500. The van der Waals surface area contributed by atoms with E-state index < -0.39 is 11.4 Å². The molecule has 0 saturated heterocycles. The molecule has 1 atom stereocenters. The second-order valence-corrected chi connectivity index (χ2v) is 8.12. The minimum absolute atomic E-state index is 0.290. The number of hydrazone groups is 1. The van der Waals surface area contributed by atoms with Gasteiger partial charge < -0.3 is 10.5 Å². The summed E-state index contributed by atoms with van der Waals surface area (Å²) < 4.78 is 5.32. The Bertz CT molecular complexity index is 1210. The van der Waals surface area contributed by atoms with E-state index in [4.69, 9.17) is 15.6 Å². The number of carbonyl (C=O) groups is 1. The van der Waals surface area contributed by atoms with E-state index in [1.807, 2.05) is 65.7 Å². The number of nitrogen functional groups attached to an aromatic ring is 1. The monoisotopic (exact) mass is 435 g/mol. The van der Waals surface area contributed by atoms with Crippen LogP contribution in [0.25, 0.3) is 0 Å². The minimum Gasteiger partial charge on any atom is -0.461 e. The maximum Gasteiger partial charge on any atom is 0.355 e. The largest absolute Gasteiger partial charge is 0.461 e. The van der Waals surface area contributed by atoms with Gasteiger partial charge in [0.2, 0.25) is 0 Å². The van der Waals surface area contributed by atoms with Crippen molar-refractivity contribution in [1.29, 1.82) is 0 Å². The number of fused-ring (bicyclic) bond motifs is 1. The van der Waals surface area contributed by atoms with Crippen LogP contribution in [0.5, 0.6) is 0 Å². The van der Waals surface area contributed by atoms with E-state index >= 15 is 0 Å². The third-order valence-electron chi connectivity index (χ3n) is 6.12. The van der Waals surface area contributed by atoms with Crippen molar-refractivity contribution in [2.75, 3.05) is 17.3 Å². The van der Waals surface area contributed by atoms with Crippen molar-refractivity contribution in [3.05, 3.63) is 120 Å². The number of hydrogen-bond donors (Lipinski definition) is 1. The van der Waals surface area contributed by atoms with Crippen LogP contribution >= 0.6 is 0 Å². The summed E-state index contributed by atoms with van der Waals surface area (Å²) in [5, 5.41) is 6.55. The Labute approximate surface area is 193 Å². The van der Waals surface area contributed by atoms with Crippen LogP contribution in [-0.2, 0) is 14.9 Å². The molecule has 2 aliphatic rings. The number of anilines is 2. The van der Waals surface area contributed by atoms with E-state index in [9.17, 15) is 4.79 Å². The summed E-state index contributed by atoms with van der Waals surface area (Å²) in [7, 11) is 0. The number of carbonyl (C=O) groups excluding carboxylic acids is 1. The number of benzene rings is 3. The van der Waals surface area contributed by atoms with Crippen LogP contribution in [0.2, 0.25) is 0 Å². The maximum absolute atomic E-state index is 12.8. The third kappa shape index (κ3) is 3.61. The van der Waals surface area contributed by atoms with Crippen molar-refractivity contribution in [1.82, 2.24) is 0 Å². The number of rotatable bonds is 5. The first kappa shape index (κ1) is 20.8. The highest BCUT2D eigenvalue weighted by molar-refractivity contribution is 6.39. The quantitative estimate of drug-likeness (QED) is 0.345. The van der Waals surface area contributed by atoms with Crippen molar-refractivity contribution in [2.45, 2.75) is 12.3 Å². The van der Waals surface area contributed by atoms with Gasteiger partial charge in [-0.3, -0.25) is 0 Å². The zero-order valence-electron chi connectivity index (χ0n) is 18.4. The molecule has 3 aromatic carbocycles. The lowest BCUT2D eigenvalue weighted by molar-refractivity contribution is -0.135. The smallest absolute Gasteiger partial charge is 0.355 e. The van der Waals surface area contributed by atoms with Crippen molar-refractivity contribution in [2.24, 2.45) is 11.0 Å². The lowest BCUT2D eigenvalue weighted by Gasteiger charge is -2.35. The molecule has 1 unspecified atom stereocenters. The fourth-order valence-corrected chi connectivity index (χ4v) is 4.52. The van der Waals surface area contributed by atoms with Gasteiger partial charge in [0.15, 0.2) is 5.71 Å². The van der Waals surface area contributed by atoms with E-state index in [1.54, 1.807) is 6.92 Å². The summed E-state index contributed by atoms with van der Waals surface area (Å²) in [4.78, 5) is 12.8. The molecule has 1 aliphatic heterocycles. The number of nitrogens with zero attached hydrogens (tertiary/aromatic N) is 2. The Morgan fingerprint density at radius 3 is 2.15 bits per heavy atom. The molecule has 2 N–H and O–H groups in total. The van der Waals surface area contributed by atoms with Crippen LogP contribution in [-0.4, -0.2) is 18.3 Å². The van der Waals surface area contributed by atoms with Crippen LogP contribution in [0.3, 0.4) is 0 Å². The first-order chi connectivity index (χ1) is 16.1. The highest BCUT2D eigenvalue weighted by Gasteiger charge is 2.43. The summed E-state index contributed by atoms with van der Waals surface area (Å²) in [5.41, 5.74) is 10.5. The normalized spacial score (nSPS) is 18.3. The van der Waals surface area contributed by atoms with Crippen LogP contribution in [0, 0.1) is 5.92 Å². The summed E-state index contributed by atoms with van der Waals surface area (Å²) >= 11 is 0. The van der Waals surface area contributed by atoms with Crippen molar-refractivity contribution in [3.63, 3.8) is 0 Å². The molecule has 0 radical (unpaired) electrons. The molecule has 0 bridgehead atoms. The maximum atomic E-state index is 12.8. The Balaban J connectivity index is 1.69. The molecule has 5 rings (SSSR count). The van der Waals surface area contributed by atoms with E-state index in [1.165, 1.54) is 0 Å². The van der Waals surface area contributed by atoms with Crippen LogP contribution in [0.1, 0.15) is 18.1 Å². The Morgan fingerprint density at radius 1 is 0.970 bits per heavy atom. The Kier molecular flexibility index (Phi) is 5.31. The van der Waals surface area contributed by atoms with Crippen molar-refractivity contribution >= 4 is 23.1 Å². The predicted molar refractivity (Wildman–Crippen MR) is 132 cm³/mol. The number of hydrogen-bond acceptors (Lipinski definition) is 5.